The third kappa shape index (κ3) is 4.72. The number of benzene rings is 2. The molecule has 1 aliphatic carbocycles. The van der Waals surface area contributed by atoms with Crippen molar-refractivity contribution in [3.63, 3.8) is 0 Å². The Labute approximate surface area is 179 Å². The van der Waals surface area contributed by atoms with Gasteiger partial charge in [0.15, 0.2) is 0 Å². The van der Waals surface area contributed by atoms with E-state index >= 15 is 0 Å². The fourth-order valence-electron chi connectivity index (χ4n) is 4.48. The summed E-state index contributed by atoms with van der Waals surface area (Å²) in [5, 5.41) is 12.5. The molecule has 0 aromatic heterocycles. The Kier molecular flexibility index (Phi) is 6.17. The normalized spacial score (nSPS) is 19.8. The van der Waals surface area contributed by atoms with Gasteiger partial charge in [-0.25, -0.2) is 0 Å². The van der Waals surface area contributed by atoms with Gasteiger partial charge >= 0.3 is 0 Å². The lowest BCUT2D eigenvalue weighted by molar-refractivity contribution is -0.124. The molecule has 1 amide bonds. The number of carbonyl (C=O) groups is 1. The molecule has 2 aliphatic rings. The second-order valence-electron chi connectivity index (χ2n) is 8.67. The zero-order chi connectivity index (χ0) is 21.0. The van der Waals surface area contributed by atoms with Gasteiger partial charge in [0.05, 0.1) is 18.7 Å². The van der Waals surface area contributed by atoms with Gasteiger partial charge in [0.25, 0.3) is 0 Å². The summed E-state index contributed by atoms with van der Waals surface area (Å²) < 4.78 is 0. The summed E-state index contributed by atoms with van der Waals surface area (Å²) in [6.07, 6.45) is 2.06. The molecule has 4 rings (SSSR count). The lowest BCUT2D eigenvalue weighted by Crippen LogP contribution is -2.54. The lowest BCUT2D eigenvalue weighted by atomic mass is 9.96. The predicted molar refractivity (Wildman–Crippen MR) is 118 cm³/mol. The van der Waals surface area contributed by atoms with E-state index < -0.39 is 5.54 Å². The number of hydrogen-bond acceptors (Lipinski definition) is 4. The molecule has 5 heteroatoms. The van der Waals surface area contributed by atoms with Gasteiger partial charge in [-0.2, -0.15) is 5.26 Å². The predicted octanol–water partition coefficient (Wildman–Crippen LogP) is 3.20. The molecule has 1 saturated carbocycles. The Morgan fingerprint density at radius 3 is 2.03 bits per heavy atom. The number of piperazine rings is 1. The minimum Gasteiger partial charge on any atom is -0.337 e. The highest BCUT2D eigenvalue weighted by Gasteiger charge is 2.43. The van der Waals surface area contributed by atoms with Gasteiger partial charge in [0, 0.05) is 26.2 Å². The summed E-state index contributed by atoms with van der Waals surface area (Å²) >= 11 is 0. The zero-order valence-electron chi connectivity index (χ0n) is 17.6. The fraction of sp³-hybridized carbons (Fsp3) is 0.440. The number of nitrogens with zero attached hydrogens (tertiary/aromatic N) is 3. The maximum Gasteiger partial charge on any atom is 0.235 e. The standard InChI is InChI=1S/C25H30N4O/c1-25(19-26,22-12-13-22)27-23(30)18-28-14-16-29(17-15-28)24(20-8-4-2-5-9-20)21-10-6-3-7-11-21/h2-11,22,24H,12-18H2,1H3,(H,27,30)/t25-/m1/s1. The second-order valence-corrected chi connectivity index (χ2v) is 8.67. The van der Waals surface area contributed by atoms with Gasteiger partial charge in [-0.05, 0) is 36.8 Å². The summed E-state index contributed by atoms with van der Waals surface area (Å²) in [6, 6.07) is 23.8. The van der Waals surface area contributed by atoms with Gasteiger partial charge in [0.2, 0.25) is 5.91 Å². The fourth-order valence-corrected chi connectivity index (χ4v) is 4.48. The average molecular weight is 403 g/mol. The van der Waals surface area contributed by atoms with Crippen molar-refractivity contribution in [2.45, 2.75) is 31.3 Å². The van der Waals surface area contributed by atoms with Gasteiger partial charge < -0.3 is 5.32 Å². The monoisotopic (exact) mass is 402 g/mol. The zero-order valence-corrected chi connectivity index (χ0v) is 17.6. The Morgan fingerprint density at radius 1 is 1.03 bits per heavy atom. The van der Waals surface area contributed by atoms with Crippen LogP contribution in [0.1, 0.15) is 36.9 Å². The van der Waals surface area contributed by atoms with Crippen molar-refractivity contribution in [2.75, 3.05) is 32.7 Å². The average Bonchev–Trinajstić information content (AvgIpc) is 3.63. The molecular formula is C25H30N4O. The number of carbonyl (C=O) groups excluding carboxylic acids is 1. The molecule has 0 unspecified atom stereocenters. The van der Waals surface area contributed by atoms with Crippen molar-refractivity contribution in [2.24, 2.45) is 5.92 Å². The van der Waals surface area contributed by atoms with Crippen LogP contribution in [0.2, 0.25) is 0 Å². The number of nitriles is 1. The van der Waals surface area contributed by atoms with Gasteiger partial charge in [-0.15, -0.1) is 0 Å². The summed E-state index contributed by atoms with van der Waals surface area (Å²) in [4.78, 5) is 17.3. The van der Waals surface area contributed by atoms with Crippen molar-refractivity contribution >= 4 is 5.91 Å². The first-order valence-corrected chi connectivity index (χ1v) is 10.9. The molecule has 1 saturated heterocycles. The number of hydrogen-bond donors (Lipinski definition) is 1. The molecule has 1 N–H and O–H groups in total. The van der Waals surface area contributed by atoms with Crippen molar-refractivity contribution in [3.05, 3.63) is 71.8 Å². The Bertz CT molecular complexity index is 843. The molecule has 1 aliphatic heterocycles. The minimum absolute atomic E-state index is 0.0398. The van der Waals surface area contributed by atoms with Gasteiger partial charge in [0.1, 0.15) is 5.54 Å². The molecule has 2 fully saturated rings. The molecule has 156 valence electrons. The number of rotatable bonds is 7. The largest absolute Gasteiger partial charge is 0.337 e. The molecular weight excluding hydrogens is 372 g/mol. The third-order valence-electron chi connectivity index (χ3n) is 6.40. The van der Waals surface area contributed by atoms with Crippen LogP contribution in [0.5, 0.6) is 0 Å². The Hall–Kier alpha value is -2.68. The second kappa shape index (κ2) is 8.99. The molecule has 2 aromatic rings. The van der Waals surface area contributed by atoms with Crippen LogP contribution in [0.4, 0.5) is 0 Å². The van der Waals surface area contributed by atoms with Crippen LogP contribution in [0, 0.1) is 17.2 Å². The molecule has 2 aromatic carbocycles. The highest BCUT2D eigenvalue weighted by Crippen LogP contribution is 2.39. The topological polar surface area (TPSA) is 59.4 Å². The van der Waals surface area contributed by atoms with E-state index in [1.165, 1.54) is 11.1 Å². The smallest absolute Gasteiger partial charge is 0.235 e. The highest BCUT2D eigenvalue weighted by molar-refractivity contribution is 5.79. The highest BCUT2D eigenvalue weighted by atomic mass is 16.2. The van der Waals surface area contributed by atoms with E-state index in [4.69, 9.17) is 0 Å². The van der Waals surface area contributed by atoms with Crippen molar-refractivity contribution < 1.29 is 4.79 Å². The van der Waals surface area contributed by atoms with Gasteiger partial charge in [-0.3, -0.25) is 14.6 Å². The summed E-state index contributed by atoms with van der Waals surface area (Å²) in [5.74, 6) is 0.267. The molecule has 0 bridgehead atoms. The molecule has 0 radical (unpaired) electrons. The van der Waals surface area contributed by atoms with E-state index in [9.17, 15) is 10.1 Å². The summed E-state index contributed by atoms with van der Waals surface area (Å²) in [7, 11) is 0. The molecule has 30 heavy (non-hydrogen) atoms. The first-order valence-electron chi connectivity index (χ1n) is 10.9. The molecule has 0 spiro atoms. The van der Waals surface area contributed by atoms with Crippen LogP contribution in [-0.4, -0.2) is 54.0 Å². The summed E-state index contributed by atoms with van der Waals surface area (Å²) in [6.45, 7) is 5.70. The van der Waals surface area contributed by atoms with E-state index in [2.05, 4.69) is 81.8 Å². The first kappa shape index (κ1) is 20.6. The van der Waals surface area contributed by atoms with Crippen LogP contribution >= 0.6 is 0 Å². The maximum absolute atomic E-state index is 12.6. The van der Waals surface area contributed by atoms with E-state index in [-0.39, 0.29) is 11.9 Å². The first-order chi connectivity index (χ1) is 14.6. The van der Waals surface area contributed by atoms with Gasteiger partial charge in [-0.1, -0.05) is 60.7 Å². The van der Waals surface area contributed by atoms with E-state index in [0.717, 1.165) is 39.0 Å². The number of nitrogens with one attached hydrogen (secondary N) is 1. The minimum atomic E-state index is -0.718. The van der Waals surface area contributed by atoms with Crippen LogP contribution in [0.25, 0.3) is 0 Å². The molecule has 1 heterocycles. The van der Waals surface area contributed by atoms with E-state index in [1.54, 1.807) is 0 Å². The maximum atomic E-state index is 12.6. The quantitative estimate of drug-likeness (QED) is 0.773. The van der Waals surface area contributed by atoms with Crippen molar-refractivity contribution in [1.29, 1.82) is 5.26 Å². The van der Waals surface area contributed by atoms with Crippen LogP contribution in [0.15, 0.2) is 60.7 Å². The SMILES string of the molecule is C[C@](C#N)(NC(=O)CN1CCN(C(c2ccccc2)c2ccccc2)CC1)C1CC1. The summed E-state index contributed by atoms with van der Waals surface area (Å²) in [5.41, 5.74) is 1.87. The number of amides is 1. The van der Waals surface area contributed by atoms with Crippen LogP contribution < -0.4 is 5.32 Å². The molecule has 5 nitrogen and oxygen atoms in total. The van der Waals surface area contributed by atoms with Crippen LogP contribution in [-0.2, 0) is 4.79 Å². The van der Waals surface area contributed by atoms with E-state index in [0.29, 0.717) is 12.5 Å². The Balaban J connectivity index is 1.38. The van der Waals surface area contributed by atoms with Crippen LogP contribution in [0.3, 0.4) is 0 Å². The molecule has 1 atom stereocenters. The lowest BCUT2D eigenvalue weighted by Gasteiger charge is -2.39. The third-order valence-corrected chi connectivity index (χ3v) is 6.40. The van der Waals surface area contributed by atoms with Crippen molar-refractivity contribution in [1.82, 2.24) is 15.1 Å². The van der Waals surface area contributed by atoms with E-state index in [1.807, 2.05) is 6.92 Å². The van der Waals surface area contributed by atoms with Crippen molar-refractivity contribution in [3.8, 4) is 6.07 Å². The Morgan fingerprint density at radius 2 is 1.57 bits per heavy atom.